The third kappa shape index (κ3) is 28.6. The van der Waals surface area contributed by atoms with Crippen LogP contribution in [-0.4, -0.2) is 137 Å². The van der Waals surface area contributed by atoms with Crippen molar-refractivity contribution in [2.75, 3.05) is 40.4 Å². The minimum Gasteiger partial charge on any atom is -0.506 e. The normalized spacial score (nSPS) is 12.1. The second-order valence-corrected chi connectivity index (χ2v) is 43.8. The van der Waals surface area contributed by atoms with Crippen molar-refractivity contribution < 1.29 is 59.3 Å². The van der Waals surface area contributed by atoms with Gasteiger partial charge in [0.2, 0.25) is 0 Å². The predicted molar refractivity (Wildman–Crippen MR) is 562 cm³/mol. The molecular weight excluding hydrogens is 1860 g/mol. The molecule has 6 aromatic carbocycles. The molecule has 0 fully saturated rings. The molecule has 0 bridgehead atoms. The number of carboxylic acids is 2. The van der Waals surface area contributed by atoms with Crippen LogP contribution in [-0.2, 0) is 56.8 Å². The number of halogens is 2. The number of hydrogen-bond donors (Lipinski definition) is 6. The fourth-order valence-corrected chi connectivity index (χ4v) is 20.6. The quantitative estimate of drug-likeness (QED) is 0.0151. The van der Waals surface area contributed by atoms with Crippen molar-refractivity contribution in [1.82, 2.24) is 0 Å². The number of aromatic hydroxyl groups is 4. The van der Waals surface area contributed by atoms with E-state index in [9.17, 15) is 39.6 Å². The van der Waals surface area contributed by atoms with Crippen LogP contribution in [0.5, 0.6) is 23.0 Å². The molecule has 28 heteroatoms. The zero-order chi connectivity index (χ0) is 95.6. The topological polar surface area (TPSA) is 258 Å². The summed E-state index contributed by atoms with van der Waals surface area (Å²) in [7, 11) is 2.69. The smallest absolute Gasteiger partial charge is 0.348 e. The van der Waals surface area contributed by atoms with Gasteiger partial charge in [-0.1, -0.05) is 264 Å². The molecule has 0 atom stereocenters. The molecule has 16 nitrogen and oxygen atoms in total. The van der Waals surface area contributed by atoms with Crippen molar-refractivity contribution in [2.24, 2.45) is 20.0 Å². The fraction of sp³-hybridized carbons (Fsp3) is 0.294. The van der Waals surface area contributed by atoms with Gasteiger partial charge in [-0.25, -0.2) is 19.2 Å². The summed E-state index contributed by atoms with van der Waals surface area (Å²) in [6, 6.07) is 50.2. The van der Waals surface area contributed by atoms with Crippen LogP contribution in [0.1, 0.15) is 216 Å². The van der Waals surface area contributed by atoms with E-state index in [0.29, 0.717) is 99.5 Å². The Labute approximate surface area is 817 Å². The number of thiophene rings is 6. The maximum absolute atomic E-state index is 11.7. The number of methoxy groups -OCH3 is 2. The molecular formula is C102H106Cl2N4O12S10. The van der Waals surface area contributed by atoms with Crippen molar-refractivity contribution in [3.8, 4) is 64.8 Å². The van der Waals surface area contributed by atoms with Gasteiger partial charge in [0.05, 0.1) is 81.1 Å². The molecule has 0 spiro atoms. The molecule has 12 rings (SSSR count). The Morgan fingerprint density at radius 3 is 0.846 bits per heavy atom. The van der Waals surface area contributed by atoms with Crippen LogP contribution in [0.25, 0.3) is 41.8 Å². The Kier molecular flexibility index (Phi) is 36.8. The Bertz CT molecular complexity index is 6250. The molecule has 0 amide bonds. The minimum atomic E-state index is -1.06. The van der Waals surface area contributed by atoms with Crippen LogP contribution in [0, 0.1) is 0 Å². The number of nitrogens with zero attached hydrogens (tertiary/aromatic N) is 4. The molecule has 680 valence electrons. The second kappa shape index (κ2) is 46.0. The third-order valence-electron chi connectivity index (χ3n) is 20.8. The SMILES string of the molecule is CC(=NCC(=S)Cc1ccc(C(=O)O)c(Cl)c1)c1csc(-c2ccc(C(C)(C)C)cc2)c1O.CC(=NCC(=S)Cc1ccc(C(=O)O)s1)c1csc(-c2ccc(C(C)(C)C)cc2)c1O.COC(=O)c1ccc(CC(=S)CN=C(C)c2csc(-c3ccc(C(C)(C)C)cc3)c2O)cc1Cl.COC(=O)c1ccc(CC(=S)CN=C(C)c2csc(-c3ccc(C(C)(C)C)cc3)c2O)s1. The number of thiocarbonyl (C=S) groups is 4. The van der Waals surface area contributed by atoms with Gasteiger partial charge in [-0.15, -0.1) is 68.0 Å². The first-order chi connectivity index (χ1) is 61.1. The Balaban J connectivity index is 0.000000195. The highest BCUT2D eigenvalue weighted by Gasteiger charge is 2.25. The first-order valence-electron chi connectivity index (χ1n) is 41.3. The highest BCUT2D eigenvalue weighted by Crippen LogP contribution is 2.45. The van der Waals surface area contributed by atoms with E-state index in [-0.39, 0.29) is 61.2 Å². The minimum absolute atomic E-state index is 0.0667. The maximum Gasteiger partial charge on any atom is 0.348 e. The van der Waals surface area contributed by atoms with Crippen molar-refractivity contribution >= 4 is 206 Å². The van der Waals surface area contributed by atoms with Crippen LogP contribution in [0.3, 0.4) is 0 Å². The summed E-state index contributed by atoms with van der Waals surface area (Å²) in [6.07, 6.45) is 2.07. The van der Waals surface area contributed by atoms with E-state index in [1.807, 2.05) is 97.7 Å². The number of ether oxygens (including phenoxy) is 2. The average Bonchev–Trinajstić information content (AvgIpc) is 1.67. The average molecular weight is 1970 g/mol. The predicted octanol–water partition coefficient (Wildman–Crippen LogP) is 27.8. The van der Waals surface area contributed by atoms with Crippen LogP contribution in [0.15, 0.2) is 199 Å². The van der Waals surface area contributed by atoms with E-state index in [2.05, 4.69) is 164 Å². The van der Waals surface area contributed by atoms with Crippen molar-refractivity contribution in [1.29, 1.82) is 0 Å². The fourth-order valence-electron chi connectivity index (χ4n) is 13.0. The van der Waals surface area contributed by atoms with E-state index in [1.54, 1.807) is 42.5 Å². The first kappa shape index (κ1) is 104. The standard InChI is InChI=1S/C27H28ClNO3S2.C26H26ClNO3S2.C25H27NO3S3.C24H25NO3S3/c1-16(29-14-20(33)12-17-6-11-21(23(28)13-17)26(31)32-5)22-15-34-25(24(22)30)18-7-9-19(10-8-18)27(2,3)4;1-15(28-13-19(32)11-16-5-10-20(25(30)31)22(27)12-16)21-14-33-24(23(21)29)17-6-8-18(9-7-17)26(2,3)4;1-15(26-13-18(30)12-19-10-11-21(32-19)24(28)29-5)20-14-31-23(22(20)27)16-6-8-17(9-7-16)25(2,3)4;1-14(25-12-17(29)11-18-9-10-20(31-18)23(27)28)19-13-30-22(21(19)26)15-5-7-16(8-6-15)24(2,3)4/h6-11,13,15,30H,12,14H2,1-5H3;5-10,12,14,29H,11,13H2,1-4H3,(H,30,31);6-11,14,27H,12-13H2,1-5H3;5-10,13,26H,11-12H2,1-4H3,(H,27,28). The highest BCUT2D eigenvalue weighted by molar-refractivity contribution is 7.81. The zero-order valence-electron chi connectivity index (χ0n) is 75.7. The molecule has 130 heavy (non-hydrogen) atoms. The van der Waals surface area contributed by atoms with Crippen LogP contribution in [0.4, 0.5) is 0 Å². The van der Waals surface area contributed by atoms with Crippen molar-refractivity contribution in [3.05, 3.63) is 276 Å². The third-order valence-corrected chi connectivity index (χ3v) is 28.7. The highest BCUT2D eigenvalue weighted by atomic mass is 35.5. The number of hydrogen-bond acceptors (Lipinski definition) is 24. The van der Waals surface area contributed by atoms with E-state index in [4.69, 9.17) is 91.8 Å². The number of benzene rings is 6. The van der Waals surface area contributed by atoms with Gasteiger partial charge in [-0.2, -0.15) is 0 Å². The molecule has 0 aliphatic carbocycles. The number of carbonyl (C=O) groups is 4. The maximum atomic E-state index is 11.7. The molecule has 0 aliphatic rings. The van der Waals surface area contributed by atoms with Gasteiger partial charge in [0.25, 0.3) is 0 Å². The molecule has 0 unspecified atom stereocenters. The molecule has 0 radical (unpaired) electrons. The summed E-state index contributed by atoms with van der Waals surface area (Å²) in [5.41, 5.74) is 17.2. The lowest BCUT2D eigenvalue weighted by Crippen LogP contribution is -2.10. The van der Waals surface area contributed by atoms with Crippen LogP contribution < -0.4 is 0 Å². The van der Waals surface area contributed by atoms with E-state index < -0.39 is 17.9 Å². The van der Waals surface area contributed by atoms with E-state index in [1.165, 1.54) is 111 Å². The lowest BCUT2D eigenvalue weighted by atomic mass is 9.86. The Morgan fingerprint density at radius 1 is 0.338 bits per heavy atom. The summed E-state index contributed by atoms with van der Waals surface area (Å²) in [6.45, 7) is 35.0. The van der Waals surface area contributed by atoms with Gasteiger partial charge < -0.3 is 40.1 Å². The second-order valence-electron chi connectivity index (χ2n) is 34.8. The van der Waals surface area contributed by atoms with Gasteiger partial charge in [0, 0.05) is 122 Å². The van der Waals surface area contributed by atoms with Crippen molar-refractivity contribution in [3.63, 3.8) is 0 Å². The molecule has 0 saturated carbocycles. The van der Waals surface area contributed by atoms with Gasteiger partial charge in [0.1, 0.15) is 32.8 Å². The summed E-state index contributed by atoms with van der Waals surface area (Å²) >= 11 is 42.7. The van der Waals surface area contributed by atoms with Crippen LogP contribution in [0.2, 0.25) is 10.0 Å². The number of aliphatic imine (C=N–C) groups is 4. The van der Waals surface area contributed by atoms with Gasteiger partial charge in [-0.05, 0) is 154 Å². The number of rotatable bonds is 28. The monoisotopic (exact) mass is 1970 g/mol. The molecule has 6 aromatic heterocycles. The van der Waals surface area contributed by atoms with Gasteiger partial charge in [0.15, 0.2) is 0 Å². The Morgan fingerprint density at radius 2 is 0.600 bits per heavy atom. The number of carbonyl (C=O) groups excluding carboxylic acids is 2. The number of esters is 2. The Hall–Kier alpha value is -9.78. The van der Waals surface area contributed by atoms with Gasteiger partial charge in [-0.3, -0.25) is 20.0 Å². The van der Waals surface area contributed by atoms with E-state index >= 15 is 0 Å². The summed E-state index contributed by atoms with van der Waals surface area (Å²) < 4.78 is 9.46. The molecule has 12 aromatic rings. The number of carboxylic acid groups (broad SMARTS) is 2. The lowest BCUT2D eigenvalue weighted by Gasteiger charge is -2.19. The van der Waals surface area contributed by atoms with Crippen LogP contribution >= 0.6 is 140 Å². The first-order valence-corrected chi connectivity index (χ1v) is 48.8. The van der Waals surface area contributed by atoms with Gasteiger partial charge >= 0.3 is 23.9 Å². The van der Waals surface area contributed by atoms with E-state index in [0.717, 1.165) is 99.9 Å². The molecule has 0 aliphatic heterocycles. The zero-order valence-corrected chi connectivity index (χ0v) is 85.4. The molecule has 0 saturated heterocycles. The summed E-state index contributed by atoms with van der Waals surface area (Å²) in [4.78, 5) is 72.7. The molecule has 6 heterocycles. The molecule has 6 N–H and O–H groups in total. The summed E-state index contributed by atoms with van der Waals surface area (Å²) in [5.74, 6) is -1.83. The van der Waals surface area contributed by atoms with Crippen molar-refractivity contribution in [2.45, 2.75) is 158 Å². The number of aromatic carboxylic acids is 2. The largest absolute Gasteiger partial charge is 0.506 e. The summed E-state index contributed by atoms with van der Waals surface area (Å²) in [5, 5.41) is 69.6. The lowest BCUT2D eigenvalue weighted by molar-refractivity contribution is 0.0594.